The maximum Gasteiger partial charge on any atom is 0 e. The van der Waals surface area contributed by atoms with Crippen molar-refractivity contribution in [1.82, 2.24) is 0 Å². The standard InChI is InChI=1S/C18H10.4Y/c1-3-8-15(9-4-1)17-12-7-13-18(14-17)16-10-5-2-6-11-16;;;;/h1-8,10,14H;;;;/q-4;;;;. The van der Waals surface area contributed by atoms with E-state index in [1.54, 1.807) is 0 Å². The molecule has 0 aromatic heterocycles. The number of hydrogen-bond acceptors (Lipinski definition) is 0. The summed E-state index contributed by atoms with van der Waals surface area (Å²) in [4.78, 5) is 0. The first-order valence-corrected chi connectivity index (χ1v) is 5.81. The second kappa shape index (κ2) is 14.3. The monoisotopic (exact) mass is 582 g/mol. The van der Waals surface area contributed by atoms with Gasteiger partial charge in [0.15, 0.2) is 0 Å². The van der Waals surface area contributed by atoms with E-state index in [2.05, 4.69) is 30.3 Å². The van der Waals surface area contributed by atoms with Crippen molar-refractivity contribution in [1.29, 1.82) is 0 Å². The summed E-state index contributed by atoms with van der Waals surface area (Å²) in [6, 6.07) is 32.5. The van der Waals surface area contributed by atoms with E-state index in [1.165, 1.54) is 0 Å². The topological polar surface area (TPSA) is 0 Å². The molecule has 0 heterocycles. The molecule has 4 heteroatoms. The van der Waals surface area contributed by atoms with Crippen LogP contribution in [0.25, 0.3) is 22.3 Å². The summed E-state index contributed by atoms with van der Waals surface area (Å²) in [6.45, 7) is 0. The summed E-state index contributed by atoms with van der Waals surface area (Å²) < 4.78 is 0. The van der Waals surface area contributed by atoms with E-state index in [-0.39, 0.29) is 131 Å². The van der Waals surface area contributed by atoms with Gasteiger partial charge in [-0.25, -0.2) is 12.1 Å². The summed E-state index contributed by atoms with van der Waals surface area (Å²) in [7, 11) is 0. The van der Waals surface area contributed by atoms with Crippen molar-refractivity contribution in [2.24, 2.45) is 0 Å². The Balaban J connectivity index is 0. The molecule has 0 aliphatic rings. The van der Waals surface area contributed by atoms with E-state index < -0.39 is 0 Å². The third kappa shape index (κ3) is 7.53. The van der Waals surface area contributed by atoms with Gasteiger partial charge in [-0.2, -0.15) is 17.7 Å². The number of rotatable bonds is 2. The van der Waals surface area contributed by atoms with Gasteiger partial charge in [-0.1, -0.05) is 0 Å². The Bertz CT molecular complexity index is 585. The molecule has 0 atom stereocenters. The molecule has 22 heavy (non-hydrogen) atoms. The summed E-state index contributed by atoms with van der Waals surface area (Å²) in [6.07, 6.45) is 0. The molecule has 0 unspecified atom stereocenters. The number of benzene rings is 3. The van der Waals surface area contributed by atoms with Crippen LogP contribution in [0.4, 0.5) is 0 Å². The van der Waals surface area contributed by atoms with Crippen LogP contribution in [-0.4, -0.2) is 0 Å². The quantitative estimate of drug-likeness (QED) is 0.398. The van der Waals surface area contributed by atoms with Crippen LogP contribution in [0, 0.1) is 24.3 Å². The molecule has 0 saturated heterocycles. The summed E-state index contributed by atoms with van der Waals surface area (Å²) >= 11 is 0. The first kappa shape index (κ1) is 26.3. The largest absolute Gasteiger partial charge is 0.368 e. The minimum atomic E-state index is 0. The van der Waals surface area contributed by atoms with Crippen LogP contribution in [0.15, 0.2) is 60.7 Å². The number of hydrogen-bond donors (Lipinski definition) is 0. The fourth-order valence-electron chi connectivity index (χ4n) is 1.85. The maximum absolute atomic E-state index is 3.21. The van der Waals surface area contributed by atoms with Crippen molar-refractivity contribution in [3.63, 3.8) is 0 Å². The Morgan fingerprint density at radius 3 is 1.32 bits per heavy atom. The van der Waals surface area contributed by atoms with Gasteiger partial charge in [-0.15, -0.1) is 36.4 Å². The molecule has 3 aromatic carbocycles. The van der Waals surface area contributed by atoms with Crippen LogP contribution < -0.4 is 0 Å². The predicted molar refractivity (Wildman–Crippen MR) is 72.7 cm³/mol. The van der Waals surface area contributed by atoms with Crippen molar-refractivity contribution in [2.75, 3.05) is 0 Å². The van der Waals surface area contributed by atoms with Crippen molar-refractivity contribution in [3.8, 4) is 22.3 Å². The molecule has 3 rings (SSSR count). The van der Waals surface area contributed by atoms with Gasteiger partial charge in [0, 0.05) is 131 Å². The molecule has 0 N–H and O–H groups in total. The average molecular weight is 582 g/mol. The maximum atomic E-state index is 3.21. The van der Waals surface area contributed by atoms with Crippen molar-refractivity contribution in [2.45, 2.75) is 0 Å². The van der Waals surface area contributed by atoms with Crippen molar-refractivity contribution >= 4 is 0 Å². The molecular weight excluding hydrogens is 572 g/mol. The van der Waals surface area contributed by atoms with E-state index in [9.17, 15) is 0 Å². The Morgan fingerprint density at radius 2 is 0.955 bits per heavy atom. The zero-order valence-corrected chi connectivity index (χ0v) is 23.4. The van der Waals surface area contributed by atoms with E-state index in [0.717, 1.165) is 22.3 Å². The van der Waals surface area contributed by atoms with Gasteiger partial charge in [0.2, 0.25) is 0 Å². The van der Waals surface area contributed by atoms with Gasteiger partial charge >= 0.3 is 0 Å². The predicted octanol–water partition coefficient (Wildman–Crippen LogP) is 4.21. The van der Waals surface area contributed by atoms with Crippen LogP contribution in [0.1, 0.15) is 0 Å². The molecule has 0 amide bonds. The molecule has 0 spiro atoms. The molecule has 0 bridgehead atoms. The van der Waals surface area contributed by atoms with Gasteiger partial charge in [0.1, 0.15) is 0 Å². The van der Waals surface area contributed by atoms with Gasteiger partial charge in [0.25, 0.3) is 0 Å². The molecular formula is C18H10Y4-4. The second-order valence-electron chi connectivity index (χ2n) is 3.96. The Hall–Kier alpha value is 2.08. The first-order chi connectivity index (χ1) is 8.93. The third-order valence-electron chi connectivity index (χ3n) is 2.74. The van der Waals surface area contributed by atoms with Crippen LogP contribution in [-0.2, 0) is 131 Å². The zero-order valence-electron chi connectivity index (χ0n) is 12.1. The van der Waals surface area contributed by atoms with Gasteiger partial charge in [0.05, 0.1) is 0 Å². The molecule has 0 fully saturated rings. The molecule has 3 aromatic rings. The Morgan fingerprint density at radius 1 is 0.500 bits per heavy atom. The minimum absolute atomic E-state index is 0. The normalized spacial score (nSPS) is 8.36. The Labute approximate surface area is 233 Å². The van der Waals surface area contributed by atoms with Crippen molar-refractivity contribution < 1.29 is 131 Å². The van der Waals surface area contributed by atoms with Crippen LogP contribution in [0.3, 0.4) is 0 Å². The fourth-order valence-corrected chi connectivity index (χ4v) is 1.85. The third-order valence-corrected chi connectivity index (χ3v) is 2.74. The van der Waals surface area contributed by atoms with Crippen LogP contribution in [0.5, 0.6) is 0 Å². The fraction of sp³-hybridized carbons (Fsp3) is 0. The molecule has 0 nitrogen and oxygen atoms in total. The molecule has 4 radical (unpaired) electrons. The summed E-state index contributed by atoms with van der Waals surface area (Å²) in [5.41, 5.74) is 4.15. The zero-order chi connectivity index (χ0) is 12.2. The molecule has 0 aliphatic heterocycles. The van der Waals surface area contributed by atoms with E-state index in [0.29, 0.717) is 0 Å². The van der Waals surface area contributed by atoms with Gasteiger partial charge in [-0.3, -0.25) is 11.6 Å². The SMILES string of the molecule is [Y].[Y].[Y].[Y].[c-]1ccccc1-c1[c-]c[c-]c(-c2[c-]cccc2)c1. The van der Waals surface area contributed by atoms with E-state index in [4.69, 9.17) is 0 Å². The smallest absolute Gasteiger partial charge is 0 e. The summed E-state index contributed by atoms with van der Waals surface area (Å²) in [5, 5.41) is 0. The van der Waals surface area contributed by atoms with E-state index in [1.807, 2.05) is 54.6 Å². The first-order valence-electron chi connectivity index (χ1n) is 5.81. The van der Waals surface area contributed by atoms with Crippen LogP contribution >= 0.6 is 0 Å². The minimum Gasteiger partial charge on any atom is -0.368 e. The average Bonchev–Trinajstić information content (AvgIpc) is 2.49. The Kier molecular flexibility index (Phi) is 17.1. The molecule has 0 aliphatic carbocycles. The molecule has 0 saturated carbocycles. The van der Waals surface area contributed by atoms with Crippen LogP contribution in [0.2, 0.25) is 0 Å². The van der Waals surface area contributed by atoms with E-state index >= 15 is 0 Å². The molecule has 98 valence electrons. The van der Waals surface area contributed by atoms with Gasteiger partial charge in [-0.05, 0) is 0 Å². The van der Waals surface area contributed by atoms with Gasteiger partial charge < -0.3 is 29.3 Å². The van der Waals surface area contributed by atoms with Crippen molar-refractivity contribution in [3.05, 3.63) is 84.9 Å². The summed E-state index contributed by atoms with van der Waals surface area (Å²) in [5.74, 6) is 0. The second-order valence-corrected chi connectivity index (χ2v) is 3.96.